The Hall–Kier alpha value is 2.50. The Kier molecular flexibility index (Phi) is 343. The van der Waals surface area contributed by atoms with E-state index in [0.717, 1.165) is 0 Å². The van der Waals surface area contributed by atoms with Crippen LogP contribution in [0.15, 0.2) is 0 Å². The third-order valence-electron chi connectivity index (χ3n) is 0.1000. The van der Waals surface area contributed by atoms with Gasteiger partial charge in [0.15, 0.2) is 17.4 Å². The number of hydrogen-bond acceptors (Lipinski definition) is 2. The summed E-state index contributed by atoms with van der Waals surface area (Å²) < 4.78 is 0. The number of rotatable bonds is 1. The van der Waals surface area contributed by atoms with Crippen molar-refractivity contribution in [3.05, 3.63) is 0 Å². The molecule has 10 heavy (non-hydrogen) atoms. The zero-order chi connectivity index (χ0) is 3.41. The van der Waals surface area contributed by atoms with Gasteiger partial charge in [-0.2, -0.15) is 0 Å². The van der Waals surface area contributed by atoms with Crippen LogP contribution in [0.5, 0.6) is 0 Å². The topological polar surface area (TPSA) is 40.5 Å². The van der Waals surface area contributed by atoms with Crippen LogP contribution < -0.4 is 0 Å². The van der Waals surface area contributed by atoms with Gasteiger partial charge in [0.2, 0.25) is 0 Å². The SMILES string of the molecule is Cl.Cl.Cl.Cl.OCCO.[AlH3].[Zr]. The van der Waals surface area contributed by atoms with E-state index in [0.29, 0.717) is 0 Å². The van der Waals surface area contributed by atoms with Gasteiger partial charge in [0.05, 0.1) is 13.2 Å². The molecule has 0 aromatic carbocycles. The summed E-state index contributed by atoms with van der Waals surface area (Å²) in [6, 6.07) is 0. The molecule has 0 aromatic heterocycles. The Bertz CT molecular complexity index is 23.2. The summed E-state index contributed by atoms with van der Waals surface area (Å²) in [5.74, 6) is 0. The normalized spacial score (nSPS) is 3.00. The van der Waals surface area contributed by atoms with Gasteiger partial charge < -0.3 is 10.2 Å². The first-order valence-electron chi connectivity index (χ1n) is 1.13. The fourth-order valence-corrected chi connectivity index (χ4v) is 0. The molecule has 0 amide bonds. The molecule has 0 aromatic rings. The summed E-state index contributed by atoms with van der Waals surface area (Å²) in [6.07, 6.45) is 0. The second kappa shape index (κ2) is 62.7. The van der Waals surface area contributed by atoms with E-state index >= 15 is 0 Å². The maximum Gasteiger partial charge on any atom is 0.187 e. The zero-order valence-corrected chi connectivity index (χ0v) is 10.2. The third-order valence-corrected chi connectivity index (χ3v) is 0.1000. The standard InChI is InChI=1S/C2H6O2.Al.4ClH.Zr.3H/c3-1-2-4;;;;;;;;;/h3-4H,1-2H2;;4*1H;;;;. The molecule has 0 radical (unpaired) electrons. The van der Waals surface area contributed by atoms with Gasteiger partial charge in [0, 0.05) is 26.2 Å². The van der Waals surface area contributed by atoms with Crippen LogP contribution in [-0.2, 0) is 26.2 Å². The molecule has 0 fully saturated rings. The molecule has 0 unspecified atom stereocenters. The summed E-state index contributed by atoms with van der Waals surface area (Å²) in [5.41, 5.74) is 0. The maximum absolute atomic E-state index is 7.62. The molecule has 0 saturated heterocycles. The monoisotopic (exact) mass is 326 g/mol. The Balaban J connectivity index is -0.00000000300. The molecule has 0 rings (SSSR count). The van der Waals surface area contributed by atoms with Gasteiger partial charge in [-0.15, -0.1) is 49.6 Å². The van der Waals surface area contributed by atoms with Crippen LogP contribution >= 0.6 is 49.6 Å². The Morgan fingerprint density at radius 1 is 0.700 bits per heavy atom. The van der Waals surface area contributed by atoms with Crippen molar-refractivity contribution in [3.63, 3.8) is 0 Å². The summed E-state index contributed by atoms with van der Waals surface area (Å²) in [7, 11) is 0. The molecular formula is C2H13AlCl4O2Zr. The van der Waals surface area contributed by atoms with Crippen LogP contribution in [0.2, 0.25) is 0 Å². The van der Waals surface area contributed by atoms with E-state index in [1.54, 1.807) is 0 Å². The number of halogens is 4. The fourth-order valence-electron chi connectivity index (χ4n) is 0. The van der Waals surface area contributed by atoms with Crippen LogP contribution in [0.1, 0.15) is 0 Å². The quantitative estimate of drug-likeness (QED) is 0.635. The summed E-state index contributed by atoms with van der Waals surface area (Å²) >= 11 is 0. The fraction of sp³-hybridized carbons (Fsp3) is 1.00. The molecule has 0 aliphatic heterocycles. The third kappa shape index (κ3) is 77.4. The van der Waals surface area contributed by atoms with Gasteiger partial charge in [0.1, 0.15) is 0 Å². The molecule has 0 aliphatic rings. The van der Waals surface area contributed by atoms with Crippen LogP contribution in [0.3, 0.4) is 0 Å². The van der Waals surface area contributed by atoms with Gasteiger partial charge in [0.25, 0.3) is 0 Å². The van der Waals surface area contributed by atoms with Crippen LogP contribution in [0.4, 0.5) is 0 Å². The molecule has 0 saturated carbocycles. The van der Waals surface area contributed by atoms with Gasteiger partial charge in [-0.05, 0) is 0 Å². The van der Waals surface area contributed by atoms with Gasteiger partial charge in [-0.25, -0.2) is 0 Å². The molecule has 2 N–H and O–H groups in total. The zero-order valence-electron chi connectivity index (χ0n) is 4.44. The van der Waals surface area contributed by atoms with E-state index in [-0.39, 0.29) is 106 Å². The van der Waals surface area contributed by atoms with Gasteiger partial charge >= 0.3 is 0 Å². The van der Waals surface area contributed by atoms with E-state index in [9.17, 15) is 0 Å². The summed E-state index contributed by atoms with van der Waals surface area (Å²) in [5, 5.41) is 15.2. The number of aliphatic hydroxyl groups is 2. The molecule has 68 valence electrons. The second-order valence-corrected chi connectivity index (χ2v) is 0.447. The Morgan fingerprint density at radius 2 is 0.800 bits per heavy atom. The predicted octanol–water partition coefficient (Wildman–Crippen LogP) is -0.528. The molecule has 0 aliphatic carbocycles. The van der Waals surface area contributed by atoms with Crippen molar-refractivity contribution in [1.29, 1.82) is 0 Å². The van der Waals surface area contributed by atoms with Gasteiger partial charge in [-0.3, -0.25) is 0 Å². The largest absolute Gasteiger partial charge is 0.394 e. The minimum atomic E-state index is -0.125. The summed E-state index contributed by atoms with van der Waals surface area (Å²) in [4.78, 5) is 0. The smallest absolute Gasteiger partial charge is 0.187 e. The Labute approximate surface area is 115 Å². The van der Waals surface area contributed by atoms with E-state index in [2.05, 4.69) is 0 Å². The molecule has 2 nitrogen and oxygen atoms in total. The Morgan fingerprint density at radius 3 is 0.800 bits per heavy atom. The molecule has 0 spiro atoms. The maximum atomic E-state index is 7.62. The van der Waals surface area contributed by atoms with Crippen LogP contribution in [0.25, 0.3) is 0 Å². The molecular weight excluding hydrogens is 316 g/mol. The molecule has 0 heterocycles. The van der Waals surface area contributed by atoms with E-state index in [1.807, 2.05) is 0 Å². The van der Waals surface area contributed by atoms with Crippen molar-refractivity contribution in [2.75, 3.05) is 13.2 Å². The van der Waals surface area contributed by atoms with Crippen molar-refractivity contribution in [2.24, 2.45) is 0 Å². The first kappa shape index (κ1) is 54.7. The van der Waals surface area contributed by atoms with Crippen molar-refractivity contribution in [3.8, 4) is 0 Å². The average Bonchev–Trinajstić information content (AvgIpc) is 1.37. The van der Waals surface area contributed by atoms with E-state index in [1.165, 1.54) is 0 Å². The molecule has 0 bridgehead atoms. The first-order valence-corrected chi connectivity index (χ1v) is 1.13. The van der Waals surface area contributed by atoms with Crippen molar-refractivity contribution in [1.82, 2.24) is 0 Å². The minimum absolute atomic E-state index is 0. The van der Waals surface area contributed by atoms with Crippen LogP contribution in [-0.4, -0.2) is 40.8 Å². The summed E-state index contributed by atoms with van der Waals surface area (Å²) in [6.45, 7) is -0.250. The number of aliphatic hydroxyl groups excluding tert-OH is 2. The predicted molar refractivity (Wildman–Crippen MR) is 53.1 cm³/mol. The minimum Gasteiger partial charge on any atom is -0.394 e. The van der Waals surface area contributed by atoms with E-state index < -0.39 is 0 Å². The van der Waals surface area contributed by atoms with E-state index in [4.69, 9.17) is 10.2 Å². The van der Waals surface area contributed by atoms with Crippen LogP contribution in [0, 0.1) is 0 Å². The van der Waals surface area contributed by atoms with Crippen molar-refractivity contribution in [2.45, 2.75) is 0 Å². The second-order valence-electron chi connectivity index (χ2n) is 0.447. The molecule has 0 atom stereocenters. The first-order chi connectivity index (χ1) is 1.91. The van der Waals surface area contributed by atoms with Gasteiger partial charge in [-0.1, -0.05) is 0 Å². The molecule has 8 heteroatoms. The van der Waals surface area contributed by atoms with Crippen molar-refractivity contribution < 1.29 is 36.4 Å². The van der Waals surface area contributed by atoms with Crippen molar-refractivity contribution >= 4 is 67.0 Å². The number of hydrogen-bond donors (Lipinski definition) is 2. The average molecular weight is 329 g/mol.